The second-order valence-electron chi connectivity index (χ2n) is 5.74. The summed E-state index contributed by atoms with van der Waals surface area (Å²) < 4.78 is 0. The molecule has 2 rings (SSSR count). The van der Waals surface area contributed by atoms with Crippen molar-refractivity contribution in [3.05, 3.63) is 35.4 Å². The summed E-state index contributed by atoms with van der Waals surface area (Å²) in [6, 6.07) is 7.52. The first-order valence-electron chi connectivity index (χ1n) is 7.08. The Kier molecular flexibility index (Phi) is 4.12. The van der Waals surface area contributed by atoms with Gasteiger partial charge in [-0.25, -0.2) is 0 Å². The average Bonchev–Trinajstić information content (AvgIpc) is 2.40. The first kappa shape index (κ1) is 14.6. The van der Waals surface area contributed by atoms with Crippen molar-refractivity contribution in [3.63, 3.8) is 0 Å². The second-order valence-corrected chi connectivity index (χ2v) is 5.74. The molecule has 4 nitrogen and oxygen atoms in total. The molecule has 4 heteroatoms. The van der Waals surface area contributed by atoms with Gasteiger partial charge in [0.2, 0.25) is 11.8 Å². The lowest BCUT2D eigenvalue weighted by Crippen LogP contribution is -2.60. The monoisotopic (exact) mass is 274 g/mol. The van der Waals surface area contributed by atoms with Crippen LogP contribution in [0.1, 0.15) is 37.9 Å². The molecule has 1 aromatic carbocycles. The van der Waals surface area contributed by atoms with E-state index in [1.807, 2.05) is 52.0 Å². The van der Waals surface area contributed by atoms with Crippen LogP contribution < -0.4 is 5.32 Å². The van der Waals surface area contributed by atoms with Crippen LogP contribution in [0.2, 0.25) is 0 Å². The summed E-state index contributed by atoms with van der Waals surface area (Å²) in [7, 11) is 0. The van der Waals surface area contributed by atoms with Crippen molar-refractivity contribution < 1.29 is 9.59 Å². The zero-order chi connectivity index (χ0) is 14.9. The van der Waals surface area contributed by atoms with Gasteiger partial charge in [-0.1, -0.05) is 38.1 Å². The van der Waals surface area contributed by atoms with E-state index in [9.17, 15) is 9.59 Å². The molecular weight excluding hydrogens is 252 g/mol. The van der Waals surface area contributed by atoms with E-state index in [0.29, 0.717) is 0 Å². The molecule has 20 heavy (non-hydrogen) atoms. The Bertz CT molecular complexity index is 525. The Morgan fingerprint density at radius 3 is 2.45 bits per heavy atom. The third kappa shape index (κ3) is 2.55. The number of amides is 2. The van der Waals surface area contributed by atoms with Crippen LogP contribution in [-0.4, -0.2) is 29.3 Å². The molecule has 1 aliphatic heterocycles. The SMILES string of the molecule is Cc1ccccc1C(C)N1C(=O)CNC(=O)C1C(C)C. The van der Waals surface area contributed by atoms with Crippen molar-refractivity contribution in [2.24, 2.45) is 5.92 Å². The van der Waals surface area contributed by atoms with Gasteiger partial charge in [-0.3, -0.25) is 9.59 Å². The van der Waals surface area contributed by atoms with Crippen molar-refractivity contribution >= 4 is 11.8 Å². The maximum absolute atomic E-state index is 12.3. The van der Waals surface area contributed by atoms with Crippen LogP contribution in [0, 0.1) is 12.8 Å². The van der Waals surface area contributed by atoms with Crippen LogP contribution in [0.3, 0.4) is 0 Å². The number of piperazine rings is 1. The van der Waals surface area contributed by atoms with E-state index in [1.54, 1.807) is 4.90 Å². The van der Waals surface area contributed by atoms with Gasteiger partial charge in [-0.2, -0.15) is 0 Å². The molecule has 2 atom stereocenters. The molecule has 1 saturated heterocycles. The molecule has 1 aromatic rings. The number of carbonyl (C=O) groups is 2. The van der Waals surface area contributed by atoms with E-state index in [2.05, 4.69) is 5.32 Å². The van der Waals surface area contributed by atoms with E-state index >= 15 is 0 Å². The molecule has 0 aromatic heterocycles. The third-order valence-corrected chi connectivity index (χ3v) is 3.96. The molecule has 2 amide bonds. The van der Waals surface area contributed by atoms with E-state index in [4.69, 9.17) is 0 Å². The van der Waals surface area contributed by atoms with Gasteiger partial charge in [0.05, 0.1) is 12.6 Å². The Balaban J connectivity index is 2.38. The summed E-state index contributed by atoms with van der Waals surface area (Å²) in [4.78, 5) is 26.1. The van der Waals surface area contributed by atoms with Gasteiger partial charge in [0.1, 0.15) is 6.04 Å². The highest BCUT2D eigenvalue weighted by Crippen LogP contribution is 2.29. The molecular formula is C16H22N2O2. The van der Waals surface area contributed by atoms with Gasteiger partial charge in [0.15, 0.2) is 0 Å². The van der Waals surface area contributed by atoms with Crippen LogP contribution in [-0.2, 0) is 9.59 Å². The topological polar surface area (TPSA) is 49.4 Å². The third-order valence-electron chi connectivity index (χ3n) is 3.96. The first-order chi connectivity index (χ1) is 9.43. The van der Waals surface area contributed by atoms with E-state index < -0.39 is 6.04 Å². The predicted molar refractivity (Wildman–Crippen MR) is 78.1 cm³/mol. The normalized spacial score (nSPS) is 21.1. The highest BCUT2D eigenvalue weighted by atomic mass is 16.2. The molecule has 1 aliphatic rings. The van der Waals surface area contributed by atoms with Crippen molar-refractivity contribution in [3.8, 4) is 0 Å². The zero-order valence-electron chi connectivity index (χ0n) is 12.5. The van der Waals surface area contributed by atoms with Crippen LogP contribution >= 0.6 is 0 Å². The Morgan fingerprint density at radius 1 is 1.20 bits per heavy atom. The predicted octanol–water partition coefficient (Wildman–Crippen LogP) is 2.04. The van der Waals surface area contributed by atoms with Crippen molar-refractivity contribution in [1.29, 1.82) is 0 Å². The molecule has 2 unspecified atom stereocenters. The molecule has 108 valence electrons. The lowest BCUT2D eigenvalue weighted by molar-refractivity contribution is -0.150. The van der Waals surface area contributed by atoms with Gasteiger partial charge < -0.3 is 10.2 Å². The van der Waals surface area contributed by atoms with E-state index in [0.717, 1.165) is 11.1 Å². The molecule has 0 aliphatic carbocycles. The van der Waals surface area contributed by atoms with E-state index in [-0.39, 0.29) is 30.3 Å². The van der Waals surface area contributed by atoms with Crippen molar-refractivity contribution in [2.45, 2.75) is 39.8 Å². The lowest BCUT2D eigenvalue weighted by atomic mass is 9.94. The summed E-state index contributed by atoms with van der Waals surface area (Å²) in [5.41, 5.74) is 2.24. The fraction of sp³-hybridized carbons (Fsp3) is 0.500. The average molecular weight is 274 g/mol. The molecule has 1 heterocycles. The number of nitrogens with zero attached hydrogens (tertiary/aromatic N) is 1. The first-order valence-corrected chi connectivity index (χ1v) is 7.08. The fourth-order valence-electron chi connectivity index (χ4n) is 2.93. The number of nitrogens with one attached hydrogen (secondary N) is 1. The van der Waals surface area contributed by atoms with E-state index in [1.165, 1.54) is 0 Å². The Labute approximate surface area is 120 Å². The van der Waals surface area contributed by atoms with Crippen molar-refractivity contribution in [1.82, 2.24) is 10.2 Å². The molecule has 1 fully saturated rings. The highest BCUT2D eigenvalue weighted by Gasteiger charge is 2.39. The molecule has 0 spiro atoms. The fourth-order valence-corrected chi connectivity index (χ4v) is 2.93. The van der Waals surface area contributed by atoms with Gasteiger partial charge >= 0.3 is 0 Å². The summed E-state index contributed by atoms with van der Waals surface area (Å²) in [5.74, 6) is 0.0183. The summed E-state index contributed by atoms with van der Waals surface area (Å²) >= 11 is 0. The number of rotatable bonds is 3. The number of benzene rings is 1. The van der Waals surface area contributed by atoms with Crippen LogP contribution in [0.15, 0.2) is 24.3 Å². The van der Waals surface area contributed by atoms with Gasteiger partial charge in [-0.05, 0) is 30.9 Å². The number of hydrogen-bond donors (Lipinski definition) is 1. The summed E-state index contributed by atoms with van der Waals surface area (Å²) in [6.45, 7) is 8.07. The number of hydrogen-bond acceptors (Lipinski definition) is 2. The molecule has 1 N–H and O–H groups in total. The Morgan fingerprint density at radius 2 is 1.85 bits per heavy atom. The Hall–Kier alpha value is -1.84. The lowest BCUT2D eigenvalue weighted by Gasteiger charge is -2.41. The van der Waals surface area contributed by atoms with Crippen molar-refractivity contribution in [2.75, 3.05) is 6.54 Å². The smallest absolute Gasteiger partial charge is 0.243 e. The number of aryl methyl sites for hydroxylation is 1. The number of carbonyl (C=O) groups excluding carboxylic acids is 2. The minimum Gasteiger partial charge on any atom is -0.345 e. The maximum Gasteiger partial charge on any atom is 0.243 e. The van der Waals surface area contributed by atoms with Crippen LogP contribution in [0.25, 0.3) is 0 Å². The van der Waals surface area contributed by atoms with Crippen LogP contribution in [0.5, 0.6) is 0 Å². The van der Waals surface area contributed by atoms with Gasteiger partial charge in [0.25, 0.3) is 0 Å². The standard InChI is InChI=1S/C16H22N2O2/c1-10(2)15-16(20)17-9-14(19)18(15)12(4)13-8-6-5-7-11(13)3/h5-8,10,12,15H,9H2,1-4H3,(H,17,20). The molecule has 0 saturated carbocycles. The minimum absolute atomic E-state index is 0.0148. The summed E-state index contributed by atoms with van der Waals surface area (Å²) in [6.07, 6.45) is 0. The van der Waals surface area contributed by atoms with Gasteiger partial charge in [-0.15, -0.1) is 0 Å². The largest absolute Gasteiger partial charge is 0.345 e. The molecule has 0 bridgehead atoms. The zero-order valence-corrected chi connectivity index (χ0v) is 12.5. The molecule has 0 radical (unpaired) electrons. The second kappa shape index (κ2) is 5.65. The van der Waals surface area contributed by atoms with Gasteiger partial charge in [0, 0.05) is 0 Å². The van der Waals surface area contributed by atoms with Crippen LogP contribution in [0.4, 0.5) is 0 Å². The summed E-state index contributed by atoms with van der Waals surface area (Å²) in [5, 5.41) is 2.68. The quantitative estimate of drug-likeness (QED) is 0.917. The maximum atomic E-state index is 12.3. The minimum atomic E-state index is -0.397. The highest BCUT2D eigenvalue weighted by molar-refractivity contribution is 5.95.